The van der Waals surface area contributed by atoms with Crippen molar-refractivity contribution in [3.05, 3.63) is 35.9 Å². The lowest BCUT2D eigenvalue weighted by molar-refractivity contribution is -0.135. The lowest BCUT2D eigenvalue weighted by atomic mass is 9.88. The number of carbonyl (C=O) groups excluding carboxylic acids is 2. The lowest BCUT2D eigenvalue weighted by Gasteiger charge is -2.25. The fourth-order valence-corrected chi connectivity index (χ4v) is 2.55. The highest BCUT2D eigenvalue weighted by Gasteiger charge is 2.25. The molecule has 0 aromatic heterocycles. The highest BCUT2D eigenvalue weighted by molar-refractivity contribution is 5.99. The molecule has 3 heteroatoms. The summed E-state index contributed by atoms with van der Waals surface area (Å²) in [7, 11) is 1.71. The Morgan fingerprint density at radius 1 is 1.10 bits per heavy atom. The zero-order valence-corrected chi connectivity index (χ0v) is 12.9. The van der Waals surface area contributed by atoms with Gasteiger partial charge in [0.05, 0.1) is 6.54 Å². The van der Waals surface area contributed by atoms with Gasteiger partial charge >= 0.3 is 0 Å². The fourth-order valence-electron chi connectivity index (χ4n) is 2.55. The number of benzene rings is 1. The molecule has 3 nitrogen and oxygen atoms in total. The predicted molar refractivity (Wildman–Crippen MR) is 81.6 cm³/mol. The molecular weight excluding hydrogens is 250 g/mol. The molecule has 0 aliphatic carbocycles. The van der Waals surface area contributed by atoms with E-state index in [-0.39, 0.29) is 24.2 Å². The van der Waals surface area contributed by atoms with E-state index in [1.54, 1.807) is 24.1 Å². The van der Waals surface area contributed by atoms with Crippen LogP contribution in [0.4, 0.5) is 0 Å². The molecule has 0 spiro atoms. The van der Waals surface area contributed by atoms with Gasteiger partial charge in [0, 0.05) is 18.5 Å². The van der Waals surface area contributed by atoms with Crippen LogP contribution in [0.1, 0.15) is 44.0 Å². The summed E-state index contributed by atoms with van der Waals surface area (Å²) < 4.78 is 0. The van der Waals surface area contributed by atoms with Gasteiger partial charge in [0.2, 0.25) is 5.91 Å². The molecule has 20 heavy (non-hydrogen) atoms. The van der Waals surface area contributed by atoms with E-state index in [9.17, 15) is 9.59 Å². The van der Waals surface area contributed by atoms with Crippen LogP contribution in [0.5, 0.6) is 0 Å². The molecule has 0 radical (unpaired) electrons. The average molecular weight is 275 g/mol. The molecule has 1 rings (SSSR count). The molecule has 1 aromatic rings. The van der Waals surface area contributed by atoms with Crippen molar-refractivity contribution in [3.8, 4) is 0 Å². The van der Waals surface area contributed by atoms with Gasteiger partial charge in [-0.2, -0.15) is 0 Å². The number of likely N-dealkylation sites (N-methyl/N-ethyl adjacent to an activating group) is 1. The number of nitrogens with zero attached hydrogens (tertiary/aromatic N) is 1. The van der Waals surface area contributed by atoms with Crippen LogP contribution in [0.2, 0.25) is 0 Å². The maximum Gasteiger partial charge on any atom is 0.225 e. The molecule has 0 N–H and O–H groups in total. The maximum absolute atomic E-state index is 12.3. The van der Waals surface area contributed by atoms with Gasteiger partial charge in [-0.3, -0.25) is 9.59 Å². The van der Waals surface area contributed by atoms with Gasteiger partial charge in [0.25, 0.3) is 0 Å². The molecule has 0 fully saturated rings. The minimum atomic E-state index is -0.0291. The smallest absolute Gasteiger partial charge is 0.225 e. The van der Waals surface area contributed by atoms with E-state index in [0.29, 0.717) is 11.5 Å². The molecule has 1 amide bonds. The van der Waals surface area contributed by atoms with Crippen molar-refractivity contribution in [1.82, 2.24) is 4.90 Å². The Kier molecular flexibility index (Phi) is 6.43. The second-order valence-corrected chi connectivity index (χ2v) is 5.35. The summed E-state index contributed by atoms with van der Waals surface area (Å²) in [6, 6.07) is 9.11. The number of amides is 1. The van der Waals surface area contributed by atoms with Crippen molar-refractivity contribution >= 4 is 11.7 Å². The number of Topliss-reactive ketones (excluding diaryl/α,β-unsaturated/α-hetero) is 1. The van der Waals surface area contributed by atoms with E-state index in [1.165, 1.54) is 0 Å². The van der Waals surface area contributed by atoms with E-state index < -0.39 is 0 Å². The molecule has 0 heterocycles. The Morgan fingerprint density at radius 3 is 2.15 bits per heavy atom. The normalized spacial score (nSPS) is 12.2. The van der Waals surface area contributed by atoms with E-state index >= 15 is 0 Å². The molecule has 0 unspecified atom stereocenters. The van der Waals surface area contributed by atoms with Crippen LogP contribution in [-0.2, 0) is 4.79 Å². The Balaban J connectivity index is 2.64. The Hall–Kier alpha value is -1.64. The van der Waals surface area contributed by atoms with Crippen LogP contribution in [-0.4, -0.2) is 30.2 Å². The van der Waals surface area contributed by atoms with Gasteiger partial charge in [0.1, 0.15) is 0 Å². The van der Waals surface area contributed by atoms with Gasteiger partial charge in [-0.1, -0.05) is 63.9 Å². The van der Waals surface area contributed by atoms with E-state index in [2.05, 4.69) is 13.8 Å². The zero-order chi connectivity index (χ0) is 15.1. The predicted octanol–water partition coefficient (Wildman–Crippen LogP) is 3.40. The molecule has 110 valence electrons. The van der Waals surface area contributed by atoms with Crippen LogP contribution in [0.25, 0.3) is 0 Å². The lowest BCUT2D eigenvalue weighted by Crippen LogP contribution is -2.38. The molecular formula is C17H25NO2. The first-order valence-electron chi connectivity index (χ1n) is 7.34. The molecule has 1 atom stereocenters. The van der Waals surface area contributed by atoms with Crippen LogP contribution in [0, 0.1) is 11.8 Å². The monoisotopic (exact) mass is 275 g/mol. The third-order valence-electron chi connectivity index (χ3n) is 4.00. The number of carbonyl (C=O) groups is 2. The average Bonchev–Trinajstić information content (AvgIpc) is 2.48. The first kappa shape index (κ1) is 16.4. The fraction of sp³-hybridized carbons (Fsp3) is 0.529. The van der Waals surface area contributed by atoms with Gasteiger partial charge in [-0.05, 0) is 5.92 Å². The van der Waals surface area contributed by atoms with E-state index in [4.69, 9.17) is 0 Å². The summed E-state index contributed by atoms with van der Waals surface area (Å²) in [6.07, 6.45) is 1.98. The molecule has 0 saturated heterocycles. The van der Waals surface area contributed by atoms with Gasteiger partial charge in [-0.15, -0.1) is 0 Å². The third kappa shape index (κ3) is 4.19. The second kappa shape index (κ2) is 7.83. The van der Waals surface area contributed by atoms with Gasteiger partial charge in [-0.25, -0.2) is 0 Å². The van der Waals surface area contributed by atoms with Crippen molar-refractivity contribution in [2.45, 2.75) is 33.6 Å². The van der Waals surface area contributed by atoms with E-state index in [1.807, 2.05) is 25.1 Å². The van der Waals surface area contributed by atoms with Crippen molar-refractivity contribution in [2.75, 3.05) is 13.6 Å². The topological polar surface area (TPSA) is 37.4 Å². The number of ketones is 1. The molecule has 0 aliphatic heterocycles. The summed E-state index contributed by atoms with van der Waals surface area (Å²) in [5.41, 5.74) is 0.655. The van der Waals surface area contributed by atoms with Crippen molar-refractivity contribution < 1.29 is 9.59 Å². The first-order chi connectivity index (χ1) is 9.51. The summed E-state index contributed by atoms with van der Waals surface area (Å²) in [6.45, 7) is 6.32. The van der Waals surface area contributed by atoms with Gasteiger partial charge < -0.3 is 4.90 Å². The van der Waals surface area contributed by atoms with Crippen molar-refractivity contribution in [2.24, 2.45) is 11.8 Å². The summed E-state index contributed by atoms with van der Waals surface area (Å²) >= 11 is 0. The minimum Gasteiger partial charge on any atom is -0.338 e. The minimum absolute atomic E-state index is 0.0156. The van der Waals surface area contributed by atoms with Crippen LogP contribution in [0.15, 0.2) is 30.3 Å². The molecule has 1 aromatic carbocycles. The number of rotatable bonds is 7. The molecule has 0 bridgehead atoms. The first-order valence-corrected chi connectivity index (χ1v) is 7.34. The molecule has 0 aliphatic rings. The summed E-state index contributed by atoms with van der Waals surface area (Å²) in [5, 5.41) is 0. The van der Waals surface area contributed by atoms with Crippen LogP contribution < -0.4 is 0 Å². The second-order valence-electron chi connectivity index (χ2n) is 5.35. The molecule has 0 saturated carbocycles. The van der Waals surface area contributed by atoms with Crippen molar-refractivity contribution in [1.29, 1.82) is 0 Å². The largest absolute Gasteiger partial charge is 0.338 e. The number of hydrogen-bond acceptors (Lipinski definition) is 2. The highest BCUT2D eigenvalue weighted by atomic mass is 16.2. The summed E-state index contributed by atoms with van der Waals surface area (Å²) in [5.74, 6) is 0.400. The highest BCUT2D eigenvalue weighted by Crippen LogP contribution is 2.21. The quantitative estimate of drug-likeness (QED) is 0.715. The Labute approximate surface area is 122 Å². The zero-order valence-electron chi connectivity index (χ0n) is 12.9. The van der Waals surface area contributed by atoms with Crippen molar-refractivity contribution in [3.63, 3.8) is 0 Å². The Morgan fingerprint density at radius 2 is 1.65 bits per heavy atom. The maximum atomic E-state index is 12.3. The SMILES string of the molecule is CCC(CC)[C@@H](C)C(=O)N(C)CC(=O)c1ccccc1. The summed E-state index contributed by atoms with van der Waals surface area (Å²) in [4.78, 5) is 26.0. The van der Waals surface area contributed by atoms with Gasteiger partial charge in [0.15, 0.2) is 5.78 Å². The van der Waals surface area contributed by atoms with Crippen LogP contribution in [0.3, 0.4) is 0 Å². The third-order valence-corrected chi connectivity index (χ3v) is 4.00. The number of hydrogen-bond donors (Lipinski definition) is 0. The standard InChI is InChI=1S/C17H25NO2/c1-5-14(6-2)13(3)17(20)18(4)12-16(19)15-10-8-7-9-11-15/h7-11,13-14H,5-6,12H2,1-4H3/t13-/m1/s1. The Bertz CT molecular complexity index is 438. The van der Waals surface area contributed by atoms with E-state index in [0.717, 1.165) is 12.8 Å². The van der Waals surface area contributed by atoms with Crippen LogP contribution >= 0.6 is 0 Å².